The van der Waals surface area contributed by atoms with Gasteiger partial charge in [0.05, 0.1) is 6.61 Å². The highest BCUT2D eigenvalue weighted by atomic mass is 16.5. The molecule has 0 saturated heterocycles. The summed E-state index contributed by atoms with van der Waals surface area (Å²) >= 11 is 0. The summed E-state index contributed by atoms with van der Waals surface area (Å²) in [4.78, 5) is 11.5. The highest BCUT2D eigenvalue weighted by Gasteiger charge is 2.09. The van der Waals surface area contributed by atoms with E-state index in [1.54, 1.807) is 6.07 Å². The maximum atomic E-state index is 11.5. The van der Waals surface area contributed by atoms with Crippen LogP contribution in [-0.2, 0) is 11.2 Å². The zero-order valence-electron chi connectivity index (χ0n) is 13.3. The van der Waals surface area contributed by atoms with E-state index in [4.69, 9.17) is 9.47 Å². The van der Waals surface area contributed by atoms with Crippen molar-refractivity contribution in [3.8, 4) is 11.5 Å². The lowest BCUT2D eigenvalue weighted by Gasteiger charge is -2.12. The van der Waals surface area contributed by atoms with E-state index in [1.807, 2.05) is 48.5 Å². The second-order valence-corrected chi connectivity index (χ2v) is 5.32. The fourth-order valence-electron chi connectivity index (χ4n) is 2.53. The van der Waals surface area contributed by atoms with E-state index in [9.17, 15) is 4.79 Å². The highest BCUT2D eigenvalue weighted by Crippen LogP contribution is 2.33. The Kier molecular flexibility index (Phi) is 4.92. The monoisotopic (exact) mass is 318 g/mol. The van der Waals surface area contributed by atoms with Crippen molar-refractivity contribution in [1.29, 1.82) is 0 Å². The number of carbonyl (C=O) groups is 1. The van der Waals surface area contributed by atoms with Crippen molar-refractivity contribution in [1.82, 2.24) is 0 Å². The topological polar surface area (TPSA) is 35.5 Å². The van der Waals surface area contributed by atoms with E-state index in [2.05, 4.69) is 18.7 Å². The average molecular weight is 318 g/mol. The molecule has 0 atom stereocenters. The Bertz CT molecular complexity index is 853. The van der Waals surface area contributed by atoms with Crippen LogP contribution in [0.3, 0.4) is 0 Å². The molecule has 3 aromatic carbocycles. The lowest BCUT2D eigenvalue weighted by atomic mass is 10.1. The molecule has 0 amide bonds. The molecule has 0 spiro atoms. The second-order valence-electron chi connectivity index (χ2n) is 5.32. The number of hydrogen-bond acceptors (Lipinski definition) is 3. The van der Waals surface area contributed by atoms with Gasteiger partial charge in [0.25, 0.3) is 0 Å². The molecule has 0 aliphatic carbocycles. The number of esters is 1. The number of hydrogen-bond donors (Lipinski definition) is 0. The molecule has 0 saturated carbocycles. The summed E-state index contributed by atoms with van der Waals surface area (Å²) in [6.45, 7) is 4.01. The van der Waals surface area contributed by atoms with Crippen LogP contribution < -0.4 is 9.47 Å². The van der Waals surface area contributed by atoms with Crippen LogP contribution in [0, 0.1) is 0 Å². The second kappa shape index (κ2) is 7.47. The third kappa shape index (κ3) is 3.63. The first-order valence-corrected chi connectivity index (χ1v) is 7.80. The molecule has 0 heterocycles. The molecule has 120 valence electrons. The van der Waals surface area contributed by atoms with Gasteiger partial charge in [0, 0.05) is 23.3 Å². The van der Waals surface area contributed by atoms with Gasteiger partial charge in [-0.3, -0.25) is 0 Å². The fourth-order valence-corrected chi connectivity index (χ4v) is 2.53. The molecule has 0 N–H and O–H groups in total. The Morgan fingerprint density at radius 1 is 0.875 bits per heavy atom. The van der Waals surface area contributed by atoms with E-state index >= 15 is 0 Å². The predicted molar refractivity (Wildman–Crippen MR) is 95.4 cm³/mol. The molecule has 0 fully saturated rings. The molecule has 0 aliphatic rings. The van der Waals surface area contributed by atoms with Gasteiger partial charge in [0.2, 0.25) is 0 Å². The Balaban J connectivity index is 1.80. The van der Waals surface area contributed by atoms with E-state index < -0.39 is 5.97 Å². The summed E-state index contributed by atoms with van der Waals surface area (Å²) in [7, 11) is 0. The number of carbonyl (C=O) groups excluding carboxylic acids is 1. The molecular formula is C21H18O3. The van der Waals surface area contributed by atoms with Crippen molar-refractivity contribution in [3.63, 3.8) is 0 Å². The van der Waals surface area contributed by atoms with E-state index in [-0.39, 0.29) is 0 Å². The largest absolute Gasteiger partial charge is 0.493 e. The van der Waals surface area contributed by atoms with Crippen LogP contribution in [0.2, 0.25) is 0 Å². The molecule has 0 unspecified atom stereocenters. The third-order valence-electron chi connectivity index (χ3n) is 3.71. The Hall–Kier alpha value is -3.07. The van der Waals surface area contributed by atoms with Crippen LogP contribution in [0.5, 0.6) is 11.5 Å². The van der Waals surface area contributed by atoms with Crippen molar-refractivity contribution >= 4 is 16.7 Å². The fraction of sp³-hybridized carbons (Fsp3) is 0.0952. The molecule has 0 aromatic heterocycles. The minimum absolute atomic E-state index is 0.474. The van der Waals surface area contributed by atoms with Crippen LogP contribution in [0.25, 0.3) is 10.8 Å². The zero-order chi connectivity index (χ0) is 16.8. The molecule has 0 bridgehead atoms. The number of fused-ring (bicyclic) bond motifs is 1. The quantitative estimate of drug-likeness (QED) is 0.380. The summed E-state index contributed by atoms with van der Waals surface area (Å²) in [5.41, 5.74) is 1.23. The normalized spacial score (nSPS) is 10.3. The summed E-state index contributed by atoms with van der Waals surface area (Å²) in [5, 5.41) is 1.75. The van der Waals surface area contributed by atoms with Crippen molar-refractivity contribution in [2.24, 2.45) is 0 Å². The predicted octanol–water partition coefficient (Wildman–Crippen LogP) is 4.55. The van der Waals surface area contributed by atoms with Gasteiger partial charge in [-0.05, 0) is 17.7 Å². The molecule has 3 rings (SSSR count). The minimum Gasteiger partial charge on any atom is -0.493 e. The molecular weight excluding hydrogens is 300 g/mol. The lowest BCUT2D eigenvalue weighted by Crippen LogP contribution is -2.05. The molecule has 3 aromatic rings. The maximum absolute atomic E-state index is 11.5. The van der Waals surface area contributed by atoms with Gasteiger partial charge >= 0.3 is 5.97 Å². The van der Waals surface area contributed by atoms with Gasteiger partial charge < -0.3 is 9.47 Å². The first-order chi connectivity index (χ1) is 11.8. The lowest BCUT2D eigenvalue weighted by molar-refractivity contribution is -0.128. The van der Waals surface area contributed by atoms with Gasteiger partial charge in [-0.2, -0.15) is 0 Å². The smallest absolute Gasteiger partial charge is 0.335 e. The van der Waals surface area contributed by atoms with Crippen molar-refractivity contribution in [3.05, 3.63) is 84.9 Å². The molecule has 3 nitrogen and oxygen atoms in total. The molecule has 0 aliphatic heterocycles. The molecule has 0 radical (unpaired) electrons. The highest BCUT2D eigenvalue weighted by molar-refractivity contribution is 5.95. The van der Waals surface area contributed by atoms with Crippen LogP contribution in [0.4, 0.5) is 0 Å². The number of rotatable bonds is 6. The standard InChI is InChI=1S/C21H18O3/c1-2-21(22)24-20-13-12-19(17-10-6-7-11-18(17)20)23-15-14-16-8-4-3-5-9-16/h2-13H,1,14-15H2. The van der Waals surface area contributed by atoms with Gasteiger partial charge in [0.1, 0.15) is 11.5 Å². The van der Waals surface area contributed by atoms with E-state index in [0.29, 0.717) is 12.4 Å². The Labute approximate surface area is 141 Å². The molecule has 3 heteroatoms. The third-order valence-corrected chi connectivity index (χ3v) is 3.71. The van der Waals surface area contributed by atoms with Gasteiger partial charge in [-0.25, -0.2) is 4.79 Å². The van der Waals surface area contributed by atoms with Gasteiger partial charge in [-0.15, -0.1) is 0 Å². The van der Waals surface area contributed by atoms with Gasteiger partial charge in [-0.1, -0.05) is 61.2 Å². The Morgan fingerprint density at radius 2 is 1.50 bits per heavy atom. The van der Waals surface area contributed by atoms with Crippen molar-refractivity contribution in [2.45, 2.75) is 6.42 Å². The van der Waals surface area contributed by atoms with Crippen molar-refractivity contribution < 1.29 is 14.3 Å². The molecule has 24 heavy (non-hydrogen) atoms. The first-order valence-electron chi connectivity index (χ1n) is 7.80. The summed E-state index contributed by atoms with van der Waals surface area (Å²) < 4.78 is 11.2. The number of benzene rings is 3. The minimum atomic E-state index is -0.474. The Morgan fingerprint density at radius 3 is 2.21 bits per heavy atom. The van der Waals surface area contributed by atoms with Crippen LogP contribution in [0.15, 0.2) is 79.4 Å². The van der Waals surface area contributed by atoms with E-state index in [1.165, 1.54) is 5.56 Å². The van der Waals surface area contributed by atoms with Crippen LogP contribution in [-0.4, -0.2) is 12.6 Å². The zero-order valence-corrected chi connectivity index (χ0v) is 13.3. The maximum Gasteiger partial charge on any atom is 0.335 e. The van der Waals surface area contributed by atoms with Crippen LogP contribution in [0.1, 0.15) is 5.56 Å². The van der Waals surface area contributed by atoms with E-state index in [0.717, 1.165) is 29.0 Å². The van der Waals surface area contributed by atoms with Gasteiger partial charge in [0.15, 0.2) is 0 Å². The SMILES string of the molecule is C=CC(=O)Oc1ccc(OCCc2ccccc2)c2ccccc12. The average Bonchev–Trinajstić information content (AvgIpc) is 2.64. The number of ether oxygens (including phenoxy) is 2. The summed E-state index contributed by atoms with van der Waals surface area (Å²) in [5.74, 6) is 0.809. The first kappa shape index (κ1) is 15.8. The van der Waals surface area contributed by atoms with Crippen molar-refractivity contribution in [2.75, 3.05) is 6.61 Å². The summed E-state index contributed by atoms with van der Waals surface area (Å²) in [6, 6.07) is 21.5. The van der Waals surface area contributed by atoms with Crippen LogP contribution >= 0.6 is 0 Å². The summed E-state index contributed by atoms with van der Waals surface area (Å²) in [6.07, 6.45) is 1.99.